The molecule has 1 atom stereocenters. The fraction of sp³-hybridized carbons (Fsp3) is 0.762. The molecule has 144 valence electrons. The van der Waals surface area contributed by atoms with E-state index in [2.05, 4.69) is 12.2 Å². The second kappa shape index (κ2) is 7.93. The fourth-order valence-corrected chi connectivity index (χ4v) is 4.19. The molecule has 2 fully saturated rings. The molecule has 0 aromatic carbocycles. The van der Waals surface area contributed by atoms with Gasteiger partial charge < -0.3 is 10.1 Å². The van der Waals surface area contributed by atoms with Gasteiger partial charge >= 0.3 is 5.97 Å². The Kier molecular flexibility index (Phi) is 5.83. The van der Waals surface area contributed by atoms with E-state index in [1.807, 2.05) is 13.8 Å². The summed E-state index contributed by atoms with van der Waals surface area (Å²) in [5, 5.41) is 2.99. The first-order valence-corrected chi connectivity index (χ1v) is 10.4. The van der Waals surface area contributed by atoms with Crippen molar-refractivity contribution in [2.45, 2.75) is 96.6 Å². The van der Waals surface area contributed by atoms with E-state index in [1.165, 1.54) is 6.42 Å². The number of amides is 1. The third-order valence-electron chi connectivity index (χ3n) is 5.99. The van der Waals surface area contributed by atoms with Crippen LogP contribution in [0.1, 0.15) is 85.0 Å². The highest BCUT2D eigenvalue weighted by Crippen LogP contribution is 2.37. The van der Waals surface area contributed by atoms with E-state index in [0.29, 0.717) is 30.2 Å². The molecule has 0 saturated heterocycles. The normalized spacial score (nSPS) is 24.0. The number of carbonyl (C=O) groups excluding carboxylic acids is 2. The number of rotatable bonds is 7. The number of ether oxygens (including phenoxy) is 1. The number of hydrogen-bond donors (Lipinski definition) is 1. The van der Waals surface area contributed by atoms with Crippen LogP contribution in [0, 0.1) is 5.92 Å². The van der Waals surface area contributed by atoms with Crippen molar-refractivity contribution in [3.05, 3.63) is 11.1 Å². The van der Waals surface area contributed by atoms with E-state index in [-0.39, 0.29) is 18.0 Å². The largest absolute Gasteiger partial charge is 0.459 e. The molecule has 3 rings (SSSR count). The monoisotopic (exact) mass is 360 g/mol. The molecule has 1 heterocycles. The molecule has 1 amide bonds. The van der Waals surface area contributed by atoms with Crippen LogP contribution in [-0.2, 0) is 14.3 Å². The first-order chi connectivity index (χ1) is 12.5. The second-order valence-electron chi connectivity index (χ2n) is 8.02. The van der Waals surface area contributed by atoms with E-state index in [4.69, 9.17) is 9.73 Å². The molecule has 1 spiro atoms. The number of aliphatic imine (C=N–C) groups is 1. The molecule has 0 aromatic heterocycles. The summed E-state index contributed by atoms with van der Waals surface area (Å²) in [6, 6.07) is 0. The minimum atomic E-state index is -0.601. The quantitative estimate of drug-likeness (QED) is 0.550. The minimum Gasteiger partial charge on any atom is -0.459 e. The summed E-state index contributed by atoms with van der Waals surface area (Å²) in [7, 11) is 0. The van der Waals surface area contributed by atoms with Gasteiger partial charge in [0.05, 0.1) is 0 Å². The highest BCUT2D eigenvalue weighted by molar-refractivity contribution is 6.17. The maximum atomic E-state index is 12.8. The van der Waals surface area contributed by atoms with Crippen LogP contribution in [0.4, 0.5) is 0 Å². The van der Waals surface area contributed by atoms with E-state index in [0.717, 1.165) is 50.5 Å². The van der Waals surface area contributed by atoms with Crippen molar-refractivity contribution < 1.29 is 14.3 Å². The highest BCUT2D eigenvalue weighted by Gasteiger charge is 2.45. The number of nitrogens with zero attached hydrogens (tertiary/aromatic N) is 1. The molecular weight excluding hydrogens is 328 g/mol. The lowest BCUT2D eigenvalue weighted by Gasteiger charge is -2.27. The Labute approximate surface area is 156 Å². The third kappa shape index (κ3) is 3.86. The molecule has 0 aromatic rings. The lowest BCUT2D eigenvalue weighted by Crippen LogP contribution is -2.41. The summed E-state index contributed by atoms with van der Waals surface area (Å²) in [5.41, 5.74) is 0.946. The van der Waals surface area contributed by atoms with Gasteiger partial charge in [-0.15, -0.1) is 0 Å². The van der Waals surface area contributed by atoms with Gasteiger partial charge in [-0.3, -0.25) is 9.79 Å². The number of carbonyl (C=O) groups is 2. The van der Waals surface area contributed by atoms with Crippen LogP contribution in [0.25, 0.3) is 0 Å². The number of nitrogens with one attached hydrogen (secondary N) is 1. The lowest BCUT2D eigenvalue weighted by atomic mass is 9.82. The Morgan fingerprint density at radius 2 is 1.96 bits per heavy atom. The van der Waals surface area contributed by atoms with Crippen molar-refractivity contribution in [3.8, 4) is 0 Å². The molecule has 5 nitrogen and oxygen atoms in total. The summed E-state index contributed by atoms with van der Waals surface area (Å²) in [6.45, 7) is 6.06. The predicted molar refractivity (Wildman–Crippen MR) is 102 cm³/mol. The van der Waals surface area contributed by atoms with E-state index in [1.54, 1.807) is 0 Å². The van der Waals surface area contributed by atoms with Crippen LogP contribution >= 0.6 is 0 Å². The Morgan fingerprint density at radius 1 is 1.27 bits per heavy atom. The maximum Gasteiger partial charge on any atom is 0.334 e. The second-order valence-corrected chi connectivity index (χ2v) is 8.02. The van der Waals surface area contributed by atoms with Crippen molar-refractivity contribution in [2.24, 2.45) is 10.9 Å². The van der Waals surface area contributed by atoms with Crippen molar-refractivity contribution >= 4 is 17.7 Å². The SMILES string of the molecule is CCCC(C(=O)OC(C)C1CC1)=C(CC)C1=NC2(CCCCC2)C(=O)N1. The van der Waals surface area contributed by atoms with Crippen molar-refractivity contribution in [3.63, 3.8) is 0 Å². The van der Waals surface area contributed by atoms with Crippen LogP contribution in [0.15, 0.2) is 16.1 Å². The van der Waals surface area contributed by atoms with Crippen molar-refractivity contribution in [2.75, 3.05) is 0 Å². The molecule has 5 heteroatoms. The summed E-state index contributed by atoms with van der Waals surface area (Å²) in [5.74, 6) is 0.901. The molecule has 0 radical (unpaired) electrons. The van der Waals surface area contributed by atoms with Gasteiger partial charge in [0.2, 0.25) is 0 Å². The van der Waals surface area contributed by atoms with Crippen LogP contribution in [0.5, 0.6) is 0 Å². The summed E-state index contributed by atoms with van der Waals surface area (Å²) in [6.07, 6.45) is 9.31. The van der Waals surface area contributed by atoms with Crippen LogP contribution < -0.4 is 5.32 Å². The van der Waals surface area contributed by atoms with Crippen LogP contribution in [0.2, 0.25) is 0 Å². The van der Waals surface area contributed by atoms with Crippen LogP contribution in [-0.4, -0.2) is 29.4 Å². The van der Waals surface area contributed by atoms with E-state index >= 15 is 0 Å². The average Bonchev–Trinajstić information content (AvgIpc) is 3.43. The first-order valence-electron chi connectivity index (χ1n) is 10.4. The molecule has 1 aliphatic heterocycles. The predicted octanol–water partition coefficient (Wildman–Crippen LogP) is 4.07. The zero-order chi connectivity index (χ0) is 18.7. The van der Waals surface area contributed by atoms with Gasteiger partial charge in [-0.1, -0.05) is 39.5 Å². The molecule has 1 N–H and O–H groups in total. The highest BCUT2D eigenvalue weighted by atomic mass is 16.5. The van der Waals surface area contributed by atoms with Crippen LogP contribution in [0.3, 0.4) is 0 Å². The van der Waals surface area contributed by atoms with Crippen molar-refractivity contribution in [1.29, 1.82) is 0 Å². The lowest BCUT2D eigenvalue weighted by molar-refractivity contribution is -0.144. The van der Waals surface area contributed by atoms with Gasteiger partial charge in [0.25, 0.3) is 5.91 Å². The molecule has 1 unspecified atom stereocenters. The van der Waals surface area contributed by atoms with Gasteiger partial charge in [-0.2, -0.15) is 0 Å². The molecular formula is C21H32N2O3. The van der Waals surface area contributed by atoms with Gasteiger partial charge in [0.15, 0.2) is 0 Å². The van der Waals surface area contributed by atoms with Crippen molar-refractivity contribution in [1.82, 2.24) is 5.32 Å². The molecule has 0 bridgehead atoms. The minimum absolute atomic E-state index is 0.00807. The first kappa shape index (κ1) is 19.1. The molecule has 2 aliphatic carbocycles. The average molecular weight is 360 g/mol. The topological polar surface area (TPSA) is 67.8 Å². The summed E-state index contributed by atoms with van der Waals surface area (Å²) < 4.78 is 5.73. The van der Waals surface area contributed by atoms with Gasteiger partial charge in [-0.25, -0.2) is 4.79 Å². The standard InChI is InChI=1S/C21H32N2O3/c1-4-9-17(19(24)26-14(3)15-10-11-15)16(5-2)18-22-20(25)21(23-18)12-7-6-8-13-21/h14-15H,4-13H2,1-3H3,(H,22,23,25). The number of amidine groups is 1. The van der Waals surface area contributed by atoms with E-state index < -0.39 is 5.54 Å². The Balaban J connectivity index is 1.87. The molecule has 3 aliphatic rings. The zero-order valence-corrected chi connectivity index (χ0v) is 16.4. The van der Waals surface area contributed by atoms with E-state index in [9.17, 15) is 9.59 Å². The fourth-order valence-electron chi connectivity index (χ4n) is 4.19. The molecule has 26 heavy (non-hydrogen) atoms. The van der Waals surface area contributed by atoms with Gasteiger partial charge in [0, 0.05) is 11.1 Å². The number of esters is 1. The third-order valence-corrected chi connectivity index (χ3v) is 5.99. The van der Waals surface area contributed by atoms with Gasteiger partial charge in [-0.05, 0) is 51.4 Å². The molecule has 2 saturated carbocycles. The Morgan fingerprint density at radius 3 is 2.54 bits per heavy atom. The smallest absolute Gasteiger partial charge is 0.334 e. The van der Waals surface area contributed by atoms with Gasteiger partial charge in [0.1, 0.15) is 17.5 Å². The Bertz CT molecular complexity index is 625. The zero-order valence-electron chi connectivity index (χ0n) is 16.4. The Hall–Kier alpha value is -1.65. The number of hydrogen-bond acceptors (Lipinski definition) is 4. The summed E-state index contributed by atoms with van der Waals surface area (Å²) in [4.78, 5) is 30.3. The summed E-state index contributed by atoms with van der Waals surface area (Å²) >= 11 is 0. The maximum absolute atomic E-state index is 12.8.